The lowest BCUT2D eigenvalue weighted by Gasteiger charge is -2.27. The highest BCUT2D eigenvalue weighted by atomic mass is 17.2. The van der Waals surface area contributed by atoms with Gasteiger partial charge in [-0.25, -0.2) is 4.79 Å². The Hall–Kier alpha value is -1.35. The van der Waals surface area contributed by atoms with Gasteiger partial charge in [-0.15, -0.1) is 0 Å². The van der Waals surface area contributed by atoms with Crippen LogP contribution in [0.2, 0.25) is 0 Å². The van der Waals surface area contributed by atoms with Crippen LogP contribution in [0.5, 0.6) is 0 Å². The number of hydrogen-bond acceptors (Lipinski definition) is 3. The van der Waals surface area contributed by atoms with Gasteiger partial charge in [-0.3, -0.25) is 4.89 Å². The molecule has 1 fully saturated rings. The molecule has 110 valence electrons. The van der Waals surface area contributed by atoms with Gasteiger partial charge in [0, 0.05) is 0 Å². The minimum atomic E-state index is -0.404. The van der Waals surface area contributed by atoms with E-state index < -0.39 is 5.97 Å². The highest BCUT2D eigenvalue weighted by molar-refractivity contribution is 5.88. The largest absolute Gasteiger partial charge is 0.373 e. The smallest absolute Gasteiger partial charge is 0.293 e. The lowest BCUT2D eigenvalue weighted by molar-refractivity contribution is -0.280. The van der Waals surface area contributed by atoms with Gasteiger partial charge in [-0.1, -0.05) is 44.4 Å². The van der Waals surface area contributed by atoms with Crippen molar-refractivity contribution in [2.45, 2.75) is 58.0 Å². The molecule has 3 nitrogen and oxygen atoms in total. The molecule has 1 aromatic carbocycles. The van der Waals surface area contributed by atoms with Crippen LogP contribution >= 0.6 is 0 Å². The highest BCUT2D eigenvalue weighted by Gasteiger charge is 2.23. The van der Waals surface area contributed by atoms with Gasteiger partial charge in [0.25, 0.3) is 0 Å². The Morgan fingerprint density at radius 2 is 1.85 bits per heavy atom. The van der Waals surface area contributed by atoms with Gasteiger partial charge in [0.2, 0.25) is 0 Å². The van der Waals surface area contributed by atoms with Crippen LogP contribution in [0.4, 0.5) is 0 Å². The molecule has 0 heterocycles. The third-order valence-electron chi connectivity index (χ3n) is 4.03. The molecule has 1 saturated carbocycles. The van der Waals surface area contributed by atoms with Crippen molar-refractivity contribution >= 4 is 5.97 Å². The van der Waals surface area contributed by atoms with Crippen LogP contribution in [0.1, 0.15) is 62.2 Å². The van der Waals surface area contributed by atoms with Crippen LogP contribution < -0.4 is 0 Å². The molecule has 0 aliphatic heterocycles. The highest BCUT2D eigenvalue weighted by Crippen LogP contribution is 2.29. The molecule has 0 bridgehead atoms. The number of unbranched alkanes of at least 4 members (excludes halogenated alkanes) is 1. The maximum atomic E-state index is 11.7. The van der Waals surface area contributed by atoms with Gasteiger partial charge in [-0.05, 0) is 43.7 Å². The zero-order valence-electron chi connectivity index (χ0n) is 12.2. The second-order valence-corrected chi connectivity index (χ2v) is 5.62. The van der Waals surface area contributed by atoms with Gasteiger partial charge in [-0.2, -0.15) is 4.89 Å². The molecule has 0 atom stereocenters. The number of rotatable bonds is 6. The summed E-state index contributed by atoms with van der Waals surface area (Å²) in [6.07, 6.45) is 8.35. The number of benzene rings is 1. The molecule has 1 aliphatic carbocycles. The molecule has 0 unspecified atom stereocenters. The van der Waals surface area contributed by atoms with Crippen LogP contribution in [0.25, 0.3) is 0 Å². The fourth-order valence-corrected chi connectivity index (χ4v) is 2.74. The van der Waals surface area contributed by atoms with Gasteiger partial charge in [0.1, 0.15) is 6.10 Å². The zero-order valence-corrected chi connectivity index (χ0v) is 12.2. The summed E-state index contributed by atoms with van der Waals surface area (Å²) in [6, 6.07) is 8.96. The summed E-state index contributed by atoms with van der Waals surface area (Å²) >= 11 is 0. The molecule has 1 aliphatic rings. The minimum absolute atomic E-state index is 0.0699. The normalized spacial score (nSPS) is 22.4. The maximum Gasteiger partial charge on any atom is 0.373 e. The zero-order chi connectivity index (χ0) is 14.2. The van der Waals surface area contributed by atoms with Gasteiger partial charge < -0.3 is 0 Å². The number of carbonyl (C=O) groups excluding carboxylic acids is 1. The van der Waals surface area contributed by atoms with E-state index in [0.29, 0.717) is 5.56 Å². The Bertz CT molecular complexity index is 394. The summed E-state index contributed by atoms with van der Waals surface area (Å²) in [5.41, 5.74) is 0.532. The molecule has 3 heteroatoms. The van der Waals surface area contributed by atoms with Crippen molar-refractivity contribution < 1.29 is 14.6 Å². The quantitative estimate of drug-likeness (QED) is 0.566. The molecule has 0 amide bonds. The average molecular weight is 276 g/mol. The lowest BCUT2D eigenvalue weighted by Crippen LogP contribution is -2.23. The van der Waals surface area contributed by atoms with E-state index in [0.717, 1.165) is 18.8 Å². The van der Waals surface area contributed by atoms with Crippen molar-refractivity contribution in [1.82, 2.24) is 0 Å². The third-order valence-corrected chi connectivity index (χ3v) is 4.03. The van der Waals surface area contributed by atoms with Gasteiger partial charge >= 0.3 is 5.97 Å². The summed E-state index contributed by atoms with van der Waals surface area (Å²) in [7, 11) is 0. The molecule has 0 aromatic heterocycles. The van der Waals surface area contributed by atoms with E-state index in [-0.39, 0.29) is 6.10 Å². The van der Waals surface area contributed by atoms with Gasteiger partial charge in [0.05, 0.1) is 5.56 Å². The molecule has 0 spiro atoms. The van der Waals surface area contributed by atoms with Crippen LogP contribution in [0.3, 0.4) is 0 Å². The van der Waals surface area contributed by atoms with E-state index in [1.54, 1.807) is 12.1 Å². The molecule has 20 heavy (non-hydrogen) atoms. The standard InChI is InChI=1S/C17H24O3/c1-2-3-7-14-10-12-16(13-11-14)19-20-17(18)15-8-5-4-6-9-15/h4-6,8-9,14,16H,2-3,7,10-13H2,1H3. The molecule has 0 saturated heterocycles. The Labute approximate surface area is 121 Å². The average Bonchev–Trinajstić information content (AvgIpc) is 2.52. The Kier molecular flexibility index (Phi) is 6.06. The summed E-state index contributed by atoms with van der Waals surface area (Å²) in [5.74, 6) is 0.429. The van der Waals surface area contributed by atoms with Crippen molar-refractivity contribution in [3.63, 3.8) is 0 Å². The maximum absolute atomic E-state index is 11.7. The van der Waals surface area contributed by atoms with Crippen molar-refractivity contribution in [1.29, 1.82) is 0 Å². The van der Waals surface area contributed by atoms with Crippen molar-refractivity contribution in [3.05, 3.63) is 35.9 Å². The molecular formula is C17H24O3. The van der Waals surface area contributed by atoms with Crippen LogP contribution in [-0.2, 0) is 9.78 Å². The van der Waals surface area contributed by atoms with E-state index in [1.165, 1.54) is 32.1 Å². The van der Waals surface area contributed by atoms with E-state index in [9.17, 15) is 4.79 Å². The van der Waals surface area contributed by atoms with E-state index >= 15 is 0 Å². The predicted octanol–water partition coefficient (Wildman–Crippen LogP) is 4.52. The first-order chi connectivity index (χ1) is 9.79. The lowest BCUT2D eigenvalue weighted by atomic mass is 9.84. The molecule has 0 radical (unpaired) electrons. The molecule has 2 rings (SSSR count). The monoisotopic (exact) mass is 276 g/mol. The fourth-order valence-electron chi connectivity index (χ4n) is 2.74. The molecular weight excluding hydrogens is 252 g/mol. The van der Waals surface area contributed by atoms with Crippen LogP contribution in [-0.4, -0.2) is 12.1 Å². The topological polar surface area (TPSA) is 35.5 Å². The molecule has 0 N–H and O–H groups in total. The van der Waals surface area contributed by atoms with Crippen LogP contribution in [0, 0.1) is 5.92 Å². The summed E-state index contributed by atoms with van der Waals surface area (Å²) < 4.78 is 0. The first kappa shape index (κ1) is 15.0. The first-order valence-corrected chi connectivity index (χ1v) is 7.72. The van der Waals surface area contributed by atoms with Crippen LogP contribution in [0.15, 0.2) is 30.3 Å². The summed E-state index contributed by atoms with van der Waals surface area (Å²) in [6.45, 7) is 2.23. The second kappa shape index (κ2) is 8.05. The summed E-state index contributed by atoms with van der Waals surface area (Å²) in [5, 5.41) is 0. The SMILES string of the molecule is CCCCC1CCC(OOC(=O)c2ccccc2)CC1. The Balaban J connectivity index is 1.67. The summed E-state index contributed by atoms with van der Waals surface area (Å²) in [4.78, 5) is 22.0. The van der Waals surface area contributed by atoms with Crippen molar-refractivity contribution in [3.8, 4) is 0 Å². The fraction of sp³-hybridized carbons (Fsp3) is 0.588. The Morgan fingerprint density at radius 1 is 1.15 bits per heavy atom. The number of carbonyl (C=O) groups is 1. The van der Waals surface area contributed by atoms with E-state index in [4.69, 9.17) is 9.78 Å². The number of hydrogen-bond donors (Lipinski definition) is 0. The second-order valence-electron chi connectivity index (χ2n) is 5.62. The van der Waals surface area contributed by atoms with E-state index in [2.05, 4.69) is 6.92 Å². The third kappa shape index (κ3) is 4.64. The molecule has 1 aromatic rings. The minimum Gasteiger partial charge on any atom is -0.293 e. The first-order valence-electron chi connectivity index (χ1n) is 7.72. The Morgan fingerprint density at radius 3 is 2.50 bits per heavy atom. The van der Waals surface area contributed by atoms with Crippen molar-refractivity contribution in [2.75, 3.05) is 0 Å². The van der Waals surface area contributed by atoms with Crippen molar-refractivity contribution in [2.24, 2.45) is 5.92 Å². The predicted molar refractivity (Wildman–Crippen MR) is 78.2 cm³/mol. The van der Waals surface area contributed by atoms with Gasteiger partial charge in [0.15, 0.2) is 0 Å². The van der Waals surface area contributed by atoms with E-state index in [1.807, 2.05) is 18.2 Å².